The minimum Gasteiger partial charge on any atom is -0.397 e. The van der Waals surface area contributed by atoms with Crippen LogP contribution in [0.3, 0.4) is 0 Å². The molecule has 0 aromatic carbocycles. The van der Waals surface area contributed by atoms with Crippen molar-refractivity contribution in [3.05, 3.63) is 23.2 Å². The predicted molar refractivity (Wildman–Crippen MR) is 86.6 cm³/mol. The summed E-state index contributed by atoms with van der Waals surface area (Å²) in [5.74, 6) is 0.449. The van der Waals surface area contributed by atoms with E-state index >= 15 is 0 Å². The molecule has 3 N–H and O–H groups in total. The Balaban J connectivity index is 1.68. The average Bonchev–Trinajstić information content (AvgIpc) is 2.83. The first-order chi connectivity index (χ1) is 10.1. The molecule has 1 fully saturated rings. The van der Waals surface area contributed by atoms with Gasteiger partial charge in [0.1, 0.15) is 9.71 Å². The number of nitrogen functional groups attached to an aromatic ring is 1. The fourth-order valence-corrected chi connectivity index (χ4v) is 3.86. The van der Waals surface area contributed by atoms with Gasteiger partial charge >= 0.3 is 0 Å². The topological polar surface area (TPSA) is 71.2 Å². The van der Waals surface area contributed by atoms with Crippen LogP contribution in [0.4, 0.5) is 5.69 Å². The Bertz CT molecular complexity index is 654. The number of anilines is 1. The van der Waals surface area contributed by atoms with Crippen LogP contribution in [0.25, 0.3) is 10.2 Å². The maximum Gasteiger partial charge on any atom is 0.263 e. The van der Waals surface area contributed by atoms with Crippen molar-refractivity contribution in [2.45, 2.75) is 12.8 Å². The van der Waals surface area contributed by atoms with Crippen LogP contribution < -0.4 is 11.1 Å². The van der Waals surface area contributed by atoms with Gasteiger partial charge in [0.05, 0.1) is 5.69 Å². The second-order valence-electron chi connectivity index (χ2n) is 5.68. The van der Waals surface area contributed by atoms with E-state index in [2.05, 4.69) is 22.2 Å². The second kappa shape index (κ2) is 5.99. The summed E-state index contributed by atoms with van der Waals surface area (Å²) in [6.45, 7) is 2.91. The van der Waals surface area contributed by atoms with Crippen LogP contribution in [0.2, 0.25) is 0 Å². The van der Waals surface area contributed by atoms with E-state index in [1.165, 1.54) is 24.2 Å². The molecule has 0 saturated carbocycles. The lowest BCUT2D eigenvalue weighted by Crippen LogP contribution is -2.39. The molecule has 112 valence electrons. The number of fused-ring (bicyclic) bond motifs is 1. The number of nitrogens with one attached hydrogen (secondary N) is 1. The van der Waals surface area contributed by atoms with Crippen LogP contribution in [-0.2, 0) is 0 Å². The maximum atomic E-state index is 12.3. The molecule has 2 aromatic heterocycles. The summed E-state index contributed by atoms with van der Waals surface area (Å²) in [6, 6.07) is 3.74. The zero-order chi connectivity index (χ0) is 14.8. The number of aromatic nitrogens is 1. The molecule has 1 saturated heterocycles. The van der Waals surface area contributed by atoms with Crippen LogP contribution in [0, 0.1) is 5.92 Å². The number of hydrogen-bond donors (Lipinski definition) is 2. The summed E-state index contributed by atoms with van der Waals surface area (Å²) >= 11 is 1.36. The molecule has 3 heterocycles. The van der Waals surface area contributed by atoms with Gasteiger partial charge in [-0.1, -0.05) is 0 Å². The number of pyridine rings is 1. The summed E-state index contributed by atoms with van der Waals surface area (Å²) in [7, 11) is 2.13. The van der Waals surface area contributed by atoms with Crippen LogP contribution >= 0.6 is 11.3 Å². The highest BCUT2D eigenvalue weighted by Gasteiger charge is 2.20. The van der Waals surface area contributed by atoms with Crippen molar-refractivity contribution in [3.63, 3.8) is 0 Å². The molecule has 0 aliphatic carbocycles. The van der Waals surface area contributed by atoms with Crippen molar-refractivity contribution >= 4 is 33.1 Å². The van der Waals surface area contributed by atoms with E-state index < -0.39 is 0 Å². The minimum absolute atomic E-state index is 0.0799. The summed E-state index contributed by atoms with van der Waals surface area (Å²) < 4.78 is 0. The van der Waals surface area contributed by atoms with E-state index in [0.717, 1.165) is 23.3 Å². The van der Waals surface area contributed by atoms with Gasteiger partial charge in [0.2, 0.25) is 0 Å². The molecule has 3 rings (SSSR count). The highest BCUT2D eigenvalue weighted by Crippen LogP contribution is 2.31. The van der Waals surface area contributed by atoms with Gasteiger partial charge in [-0.25, -0.2) is 4.98 Å². The monoisotopic (exact) mass is 304 g/mol. The molecular weight excluding hydrogens is 284 g/mol. The van der Waals surface area contributed by atoms with Crippen molar-refractivity contribution in [2.75, 3.05) is 32.4 Å². The molecule has 0 radical (unpaired) electrons. The Morgan fingerprint density at radius 2 is 2.48 bits per heavy atom. The van der Waals surface area contributed by atoms with Gasteiger partial charge in [-0.05, 0) is 44.5 Å². The molecule has 1 aliphatic rings. The third-order valence-electron chi connectivity index (χ3n) is 3.98. The van der Waals surface area contributed by atoms with Crippen LogP contribution in [0.1, 0.15) is 22.5 Å². The number of nitrogens with two attached hydrogens (primary N) is 1. The second-order valence-corrected chi connectivity index (χ2v) is 6.68. The molecule has 0 spiro atoms. The zero-order valence-electron chi connectivity index (χ0n) is 12.1. The number of piperidine rings is 1. The Kier molecular flexibility index (Phi) is 4.07. The van der Waals surface area contributed by atoms with Crippen LogP contribution in [0.15, 0.2) is 18.3 Å². The lowest BCUT2D eigenvalue weighted by atomic mass is 9.98. The van der Waals surface area contributed by atoms with Crippen molar-refractivity contribution in [2.24, 2.45) is 5.92 Å². The summed E-state index contributed by atoms with van der Waals surface area (Å²) in [5.41, 5.74) is 6.61. The summed E-state index contributed by atoms with van der Waals surface area (Å²) in [6.07, 6.45) is 4.10. The van der Waals surface area contributed by atoms with Crippen LogP contribution in [-0.4, -0.2) is 42.5 Å². The fraction of sp³-hybridized carbons (Fsp3) is 0.467. The van der Waals surface area contributed by atoms with E-state index in [9.17, 15) is 4.79 Å². The molecule has 5 nitrogen and oxygen atoms in total. The quantitative estimate of drug-likeness (QED) is 0.909. The van der Waals surface area contributed by atoms with Gasteiger partial charge in [0.15, 0.2) is 0 Å². The summed E-state index contributed by atoms with van der Waals surface area (Å²) in [5, 5.41) is 3.89. The first-order valence-electron chi connectivity index (χ1n) is 7.25. The Hall–Kier alpha value is -1.66. The number of carbonyl (C=O) groups excluding carboxylic acids is 1. The fourth-order valence-electron chi connectivity index (χ4n) is 2.88. The van der Waals surface area contributed by atoms with E-state index in [0.29, 0.717) is 23.0 Å². The van der Waals surface area contributed by atoms with Crippen molar-refractivity contribution in [1.29, 1.82) is 0 Å². The normalized spacial score (nSPS) is 19.8. The van der Waals surface area contributed by atoms with E-state index in [1.807, 2.05) is 12.1 Å². The third kappa shape index (κ3) is 3.01. The molecule has 1 atom stereocenters. The zero-order valence-corrected chi connectivity index (χ0v) is 12.9. The number of nitrogens with zero attached hydrogens (tertiary/aromatic N) is 2. The van der Waals surface area contributed by atoms with Crippen molar-refractivity contribution in [3.8, 4) is 0 Å². The number of likely N-dealkylation sites (tertiary alicyclic amines) is 1. The van der Waals surface area contributed by atoms with E-state index in [1.54, 1.807) is 6.20 Å². The maximum absolute atomic E-state index is 12.3. The molecule has 0 bridgehead atoms. The van der Waals surface area contributed by atoms with Crippen molar-refractivity contribution < 1.29 is 4.79 Å². The molecule has 1 aliphatic heterocycles. The van der Waals surface area contributed by atoms with Gasteiger partial charge in [0.25, 0.3) is 5.91 Å². The van der Waals surface area contributed by atoms with Gasteiger partial charge in [0, 0.05) is 24.7 Å². The largest absolute Gasteiger partial charge is 0.397 e. The smallest absolute Gasteiger partial charge is 0.263 e. The molecule has 21 heavy (non-hydrogen) atoms. The molecule has 1 amide bonds. The number of rotatable bonds is 3. The summed E-state index contributed by atoms with van der Waals surface area (Å²) in [4.78, 5) is 20.3. The molecule has 2 aromatic rings. The lowest BCUT2D eigenvalue weighted by molar-refractivity contribution is 0.0941. The lowest BCUT2D eigenvalue weighted by Gasteiger charge is -2.29. The molecule has 1 unspecified atom stereocenters. The minimum atomic E-state index is -0.0799. The number of thiophene rings is 1. The first-order valence-corrected chi connectivity index (χ1v) is 8.06. The van der Waals surface area contributed by atoms with Crippen molar-refractivity contribution in [1.82, 2.24) is 15.2 Å². The van der Waals surface area contributed by atoms with Gasteiger partial charge in [-0.2, -0.15) is 0 Å². The Morgan fingerprint density at radius 3 is 3.24 bits per heavy atom. The molecular formula is C15H20N4OS. The standard InChI is InChI=1S/C15H20N4OS/c1-19-7-3-4-10(9-19)8-18-14(20)13-12(16)11-5-2-6-17-15(11)21-13/h2,5-6,10H,3-4,7-9,16H2,1H3,(H,18,20). The first kappa shape index (κ1) is 14.3. The van der Waals surface area contributed by atoms with E-state index in [-0.39, 0.29) is 5.91 Å². The highest BCUT2D eigenvalue weighted by atomic mass is 32.1. The third-order valence-corrected chi connectivity index (χ3v) is 5.11. The van der Waals surface area contributed by atoms with E-state index in [4.69, 9.17) is 5.73 Å². The predicted octanol–water partition coefficient (Wildman–Crippen LogP) is 1.95. The number of amides is 1. The van der Waals surface area contributed by atoms with Crippen LogP contribution in [0.5, 0.6) is 0 Å². The average molecular weight is 304 g/mol. The SMILES string of the molecule is CN1CCCC(CNC(=O)c2sc3ncccc3c2N)C1. The Morgan fingerprint density at radius 1 is 1.62 bits per heavy atom. The number of hydrogen-bond acceptors (Lipinski definition) is 5. The Labute approximate surface area is 128 Å². The van der Waals surface area contributed by atoms with Gasteiger partial charge < -0.3 is 16.0 Å². The molecule has 6 heteroatoms. The van der Waals surface area contributed by atoms with Gasteiger partial charge in [-0.15, -0.1) is 11.3 Å². The highest BCUT2D eigenvalue weighted by molar-refractivity contribution is 7.21. The number of carbonyl (C=O) groups is 1. The van der Waals surface area contributed by atoms with Gasteiger partial charge in [-0.3, -0.25) is 4.79 Å².